The topological polar surface area (TPSA) is 78.9 Å². The van der Waals surface area contributed by atoms with Crippen LogP contribution >= 0.6 is 0 Å². The Morgan fingerprint density at radius 2 is 0.470 bits per heavy atom. The molecule has 1 unspecified atom stereocenters. The predicted octanol–water partition coefficient (Wildman–Crippen LogP) is 25.7. The molecule has 0 aromatic carbocycles. The van der Waals surface area contributed by atoms with Crippen molar-refractivity contribution in [2.24, 2.45) is 0 Å². The Hall–Kier alpha value is -2.63. The van der Waals surface area contributed by atoms with Gasteiger partial charge in [-0.3, -0.25) is 14.4 Å². The molecule has 0 bridgehead atoms. The van der Waals surface area contributed by atoms with E-state index in [-0.39, 0.29) is 31.1 Å². The molecule has 1 atom stereocenters. The Balaban J connectivity index is 4.29. The van der Waals surface area contributed by atoms with Crippen LogP contribution in [0.15, 0.2) is 48.6 Å². The van der Waals surface area contributed by atoms with Gasteiger partial charge in [0, 0.05) is 19.3 Å². The number of carbonyl (C=O) groups is 3. The van der Waals surface area contributed by atoms with Gasteiger partial charge in [0.2, 0.25) is 0 Å². The second kappa shape index (κ2) is 71.8. The maximum Gasteiger partial charge on any atom is 0.306 e. The van der Waals surface area contributed by atoms with Crippen LogP contribution in [0.4, 0.5) is 0 Å². The molecule has 0 saturated heterocycles. The van der Waals surface area contributed by atoms with E-state index in [0.717, 1.165) is 96.3 Å². The van der Waals surface area contributed by atoms with Crippen LogP contribution in [0.3, 0.4) is 0 Å². The van der Waals surface area contributed by atoms with Crippen molar-refractivity contribution in [3.8, 4) is 0 Å². The zero-order chi connectivity index (χ0) is 59.9. The molecule has 6 nitrogen and oxygen atoms in total. The summed E-state index contributed by atoms with van der Waals surface area (Å²) in [5, 5.41) is 0. The summed E-state index contributed by atoms with van der Waals surface area (Å²) in [6.07, 6.45) is 91.6. The molecule has 0 aliphatic rings. The average molecular weight is 1160 g/mol. The van der Waals surface area contributed by atoms with Gasteiger partial charge >= 0.3 is 17.9 Å². The minimum Gasteiger partial charge on any atom is -0.462 e. The third-order valence-electron chi connectivity index (χ3n) is 16.8. The fourth-order valence-electron chi connectivity index (χ4n) is 11.3. The summed E-state index contributed by atoms with van der Waals surface area (Å²) in [7, 11) is 0. The highest BCUT2D eigenvalue weighted by molar-refractivity contribution is 5.71. The van der Waals surface area contributed by atoms with Gasteiger partial charge in [-0.2, -0.15) is 0 Å². The lowest BCUT2D eigenvalue weighted by Gasteiger charge is -2.18. The maximum atomic E-state index is 13.0. The van der Waals surface area contributed by atoms with E-state index in [1.807, 2.05) is 0 Å². The smallest absolute Gasteiger partial charge is 0.306 e. The Labute approximate surface area is 518 Å². The lowest BCUT2D eigenvalue weighted by molar-refractivity contribution is -0.167. The van der Waals surface area contributed by atoms with Crippen molar-refractivity contribution in [2.75, 3.05) is 13.2 Å². The molecule has 0 aromatic rings. The summed E-state index contributed by atoms with van der Waals surface area (Å²) in [5.41, 5.74) is 0. The van der Waals surface area contributed by atoms with Gasteiger partial charge in [-0.05, 0) is 57.8 Å². The normalized spacial score (nSPS) is 12.3. The number of rotatable bonds is 69. The molecule has 0 heterocycles. The summed E-state index contributed by atoms with van der Waals surface area (Å²) in [6.45, 7) is 6.59. The van der Waals surface area contributed by atoms with Crippen LogP contribution in [0.2, 0.25) is 0 Å². The molecule has 0 spiro atoms. The molecule has 0 aliphatic carbocycles. The van der Waals surface area contributed by atoms with Gasteiger partial charge < -0.3 is 14.2 Å². The maximum absolute atomic E-state index is 13.0. The first kappa shape index (κ1) is 80.4. The molecule has 0 fully saturated rings. The van der Waals surface area contributed by atoms with E-state index >= 15 is 0 Å². The van der Waals surface area contributed by atoms with Gasteiger partial charge in [-0.1, -0.05) is 378 Å². The fraction of sp³-hybridized carbons (Fsp3) is 0.857. The highest BCUT2D eigenvalue weighted by atomic mass is 16.6. The lowest BCUT2D eigenvalue weighted by Crippen LogP contribution is -2.30. The molecule has 0 amide bonds. The number of allylic oxidation sites excluding steroid dienone is 8. The summed E-state index contributed by atoms with van der Waals surface area (Å²) in [6, 6.07) is 0. The Morgan fingerprint density at radius 3 is 0.735 bits per heavy atom. The van der Waals surface area contributed by atoms with Gasteiger partial charge in [-0.15, -0.1) is 0 Å². The number of ether oxygens (including phenoxy) is 3. The van der Waals surface area contributed by atoms with E-state index in [2.05, 4.69) is 69.4 Å². The van der Waals surface area contributed by atoms with Crippen LogP contribution in [-0.4, -0.2) is 37.2 Å². The van der Waals surface area contributed by atoms with Crippen LogP contribution in [0, 0.1) is 0 Å². The van der Waals surface area contributed by atoms with Gasteiger partial charge in [0.05, 0.1) is 0 Å². The molecule has 0 N–H and O–H groups in total. The first-order valence-electron chi connectivity index (χ1n) is 37.1. The van der Waals surface area contributed by atoms with E-state index in [0.29, 0.717) is 19.3 Å². The van der Waals surface area contributed by atoms with Crippen LogP contribution in [-0.2, 0) is 28.6 Å². The van der Waals surface area contributed by atoms with Gasteiger partial charge in [0.15, 0.2) is 6.10 Å². The third-order valence-corrected chi connectivity index (χ3v) is 16.8. The quantitative estimate of drug-likeness (QED) is 0.0261. The summed E-state index contributed by atoms with van der Waals surface area (Å²) < 4.78 is 17.0. The van der Waals surface area contributed by atoms with Crippen molar-refractivity contribution < 1.29 is 28.6 Å². The number of esters is 3. The summed E-state index contributed by atoms with van der Waals surface area (Å²) in [4.78, 5) is 38.5. The highest BCUT2D eigenvalue weighted by Crippen LogP contribution is 2.19. The molecule has 486 valence electrons. The second-order valence-electron chi connectivity index (χ2n) is 25.2. The van der Waals surface area contributed by atoms with Crippen LogP contribution in [0.5, 0.6) is 0 Å². The lowest BCUT2D eigenvalue weighted by atomic mass is 10.0. The SMILES string of the molecule is CC/C=C\C/C=C\C/C=C\C/C=C\CCCCCCC(=O)OCC(COC(=O)CCCCCCCCCCCCCCCCCCCCCCCCCCC)OC(=O)CCCCCCCCCCCCCCCCCCCCCCCCC. The first-order valence-corrected chi connectivity index (χ1v) is 37.1. The Bertz CT molecular complexity index is 1430. The Morgan fingerprint density at radius 1 is 0.253 bits per heavy atom. The van der Waals surface area contributed by atoms with Crippen molar-refractivity contribution in [1.82, 2.24) is 0 Å². The molecule has 0 radical (unpaired) electrons. The summed E-state index contributed by atoms with van der Waals surface area (Å²) in [5.74, 6) is -0.868. The van der Waals surface area contributed by atoms with Gasteiger partial charge in [0.25, 0.3) is 0 Å². The van der Waals surface area contributed by atoms with E-state index in [1.165, 1.54) is 270 Å². The average Bonchev–Trinajstić information content (AvgIpc) is 3.49. The van der Waals surface area contributed by atoms with Gasteiger partial charge in [-0.25, -0.2) is 0 Å². The van der Waals surface area contributed by atoms with Crippen molar-refractivity contribution >= 4 is 17.9 Å². The third kappa shape index (κ3) is 70.0. The zero-order valence-corrected chi connectivity index (χ0v) is 56.0. The van der Waals surface area contributed by atoms with E-state index in [1.54, 1.807) is 0 Å². The number of hydrogen-bond acceptors (Lipinski definition) is 6. The first-order chi connectivity index (χ1) is 41.0. The van der Waals surface area contributed by atoms with E-state index in [9.17, 15) is 14.4 Å². The van der Waals surface area contributed by atoms with E-state index in [4.69, 9.17) is 14.2 Å². The fourth-order valence-corrected chi connectivity index (χ4v) is 11.3. The molecule has 6 heteroatoms. The number of carbonyl (C=O) groups excluding carboxylic acids is 3. The highest BCUT2D eigenvalue weighted by Gasteiger charge is 2.19. The minimum absolute atomic E-state index is 0.0754. The van der Waals surface area contributed by atoms with Crippen LogP contribution in [0.25, 0.3) is 0 Å². The molecule has 0 aliphatic heterocycles. The zero-order valence-electron chi connectivity index (χ0n) is 56.0. The molecule has 0 aromatic heterocycles. The van der Waals surface area contributed by atoms with Crippen LogP contribution in [0.1, 0.15) is 406 Å². The van der Waals surface area contributed by atoms with Crippen molar-refractivity contribution in [1.29, 1.82) is 0 Å². The number of unbranched alkanes of at least 4 members (excludes halogenated alkanes) is 50. The largest absolute Gasteiger partial charge is 0.462 e. The van der Waals surface area contributed by atoms with Crippen molar-refractivity contribution in [3.63, 3.8) is 0 Å². The number of hydrogen-bond donors (Lipinski definition) is 0. The van der Waals surface area contributed by atoms with Crippen molar-refractivity contribution in [2.45, 2.75) is 412 Å². The Kier molecular flexibility index (Phi) is 69.6. The molecule has 0 saturated carbocycles. The molecule has 0 rings (SSSR count). The van der Waals surface area contributed by atoms with Crippen molar-refractivity contribution in [3.05, 3.63) is 48.6 Å². The van der Waals surface area contributed by atoms with Gasteiger partial charge in [0.1, 0.15) is 13.2 Å². The molecule has 83 heavy (non-hydrogen) atoms. The minimum atomic E-state index is -0.782. The molecular formula is C77H142O6. The second-order valence-corrected chi connectivity index (χ2v) is 25.2. The standard InChI is InChI=1S/C77H142O6/c1-4-7-10-13-16-19-22-25-28-31-33-35-37-38-40-41-43-46-49-52-55-58-61-64-67-70-76(79)82-73-74(72-81-75(78)69-66-63-60-57-54-51-48-45-30-27-24-21-18-15-12-9-6-3)83-77(80)71-68-65-62-59-56-53-50-47-44-42-39-36-34-32-29-26-23-20-17-14-11-8-5-2/h9,12,18,21,27,30,48,51,74H,4-8,10-11,13-17,19-20,22-26,28-29,31-47,49-50,52-73H2,1-3H3/b12-9-,21-18-,30-27-,51-48-. The monoisotopic (exact) mass is 1160 g/mol. The van der Waals surface area contributed by atoms with Crippen LogP contribution < -0.4 is 0 Å². The predicted molar refractivity (Wildman–Crippen MR) is 362 cm³/mol. The summed E-state index contributed by atoms with van der Waals surface area (Å²) >= 11 is 0. The van der Waals surface area contributed by atoms with E-state index < -0.39 is 6.10 Å². The molecular weight excluding hydrogens is 1020 g/mol.